The normalized spacial score (nSPS) is 13.6. The van der Waals surface area contributed by atoms with Crippen molar-refractivity contribution in [3.63, 3.8) is 0 Å². The van der Waals surface area contributed by atoms with Gasteiger partial charge in [0, 0.05) is 17.6 Å². The van der Waals surface area contributed by atoms with Crippen molar-refractivity contribution in [1.82, 2.24) is 9.80 Å². The molecule has 0 unspecified atom stereocenters. The fourth-order valence-electron chi connectivity index (χ4n) is 2.22. The number of benzene rings is 1. The Morgan fingerprint density at radius 1 is 1.29 bits per heavy atom. The number of fused-ring (bicyclic) bond motifs is 1. The van der Waals surface area contributed by atoms with E-state index in [-0.39, 0.29) is 25.6 Å². The Labute approximate surface area is 130 Å². The lowest BCUT2D eigenvalue weighted by molar-refractivity contribution is -0.131. The van der Waals surface area contributed by atoms with E-state index in [2.05, 4.69) is 15.9 Å². The fourth-order valence-corrected chi connectivity index (χ4v) is 2.58. The molecule has 0 saturated heterocycles. The van der Waals surface area contributed by atoms with Crippen LogP contribution in [0.2, 0.25) is 0 Å². The molecule has 1 aliphatic heterocycles. The SMILES string of the molecule is CCN(CCO)C(=O)CN1C(=O)c2ccc(Br)cc2C1=O. The topological polar surface area (TPSA) is 77.9 Å². The summed E-state index contributed by atoms with van der Waals surface area (Å²) in [4.78, 5) is 38.9. The largest absolute Gasteiger partial charge is 0.395 e. The van der Waals surface area contributed by atoms with Crippen LogP contribution in [0, 0.1) is 0 Å². The smallest absolute Gasteiger partial charge is 0.262 e. The molecule has 7 heteroatoms. The monoisotopic (exact) mass is 354 g/mol. The van der Waals surface area contributed by atoms with Crippen molar-refractivity contribution >= 4 is 33.7 Å². The summed E-state index contributed by atoms with van der Waals surface area (Å²) < 4.78 is 0.700. The number of hydrogen-bond donors (Lipinski definition) is 1. The highest BCUT2D eigenvalue weighted by atomic mass is 79.9. The van der Waals surface area contributed by atoms with Crippen molar-refractivity contribution in [3.05, 3.63) is 33.8 Å². The van der Waals surface area contributed by atoms with E-state index in [4.69, 9.17) is 5.11 Å². The van der Waals surface area contributed by atoms with E-state index in [9.17, 15) is 14.4 Å². The van der Waals surface area contributed by atoms with Crippen LogP contribution in [0.25, 0.3) is 0 Å². The lowest BCUT2D eigenvalue weighted by atomic mass is 10.1. The van der Waals surface area contributed by atoms with Gasteiger partial charge >= 0.3 is 0 Å². The number of aliphatic hydroxyl groups is 1. The zero-order chi connectivity index (χ0) is 15.6. The summed E-state index contributed by atoms with van der Waals surface area (Å²) in [7, 11) is 0. The summed E-state index contributed by atoms with van der Waals surface area (Å²) in [5.41, 5.74) is 0.605. The average Bonchev–Trinajstić information content (AvgIpc) is 2.69. The van der Waals surface area contributed by atoms with E-state index >= 15 is 0 Å². The molecule has 1 aromatic carbocycles. The Hall–Kier alpha value is -1.73. The number of aliphatic hydroxyl groups excluding tert-OH is 1. The number of rotatable bonds is 5. The van der Waals surface area contributed by atoms with Gasteiger partial charge in [0.05, 0.1) is 17.7 Å². The Balaban J connectivity index is 2.18. The number of hydrogen-bond acceptors (Lipinski definition) is 4. The predicted octanol–water partition coefficient (Wildman–Crippen LogP) is 0.886. The Morgan fingerprint density at radius 2 is 1.95 bits per heavy atom. The molecule has 1 N–H and O–H groups in total. The van der Waals surface area contributed by atoms with E-state index in [0.717, 1.165) is 4.90 Å². The van der Waals surface area contributed by atoms with Crippen LogP contribution in [0.5, 0.6) is 0 Å². The molecule has 0 saturated carbocycles. The molecule has 1 heterocycles. The molecule has 0 aliphatic carbocycles. The van der Waals surface area contributed by atoms with Crippen LogP contribution < -0.4 is 0 Å². The molecule has 1 aromatic rings. The Morgan fingerprint density at radius 3 is 2.57 bits per heavy atom. The van der Waals surface area contributed by atoms with E-state index < -0.39 is 11.8 Å². The van der Waals surface area contributed by atoms with E-state index in [1.165, 1.54) is 4.90 Å². The third kappa shape index (κ3) is 2.98. The summed E-state index contributed by atoms with van der Waals surface area (Å²) in [6.07, 6.45) is 0. The summed E-state index contributed by atoms with van der Waals surface area (Å²) in [5, 5.41) is 8.91. The second-order valence-electron chi connectivity index (χ2n) is 4.58. The number of carbonyl (C=O) groups is 3. The molecule has 6 nitrogen and oxygen atoms in total. The Kier molecular flexibility index (Phi) is 4.74. The molecule has 112 valence electrons. The van der Waals surface area contributed by atoms with Gasteiger partial charge in [-0.1, -0.05) is 15.9 Å². The molecule has 21 heavy (non-hydrogen) atoms. The van der Waals surface area contributed by atoms with Crippen LogP contribution in [0.1, 0.15) is 27.6 Å². The van der Waals surface area contributed by atoms with E-state index in [0.29, 0.717) is 22.1 Å². The predicted molar refractivity (Wildman–Crippen MR) is 78.8 cm³/mol. The van der Waals surface area contributed by atoms with Gasteiger partial charge in [0.25, 0.3) is 11.8 Å². The lowest BCUT2D eigenvalue weighted by Crippen LogP contribution is -2.43. The number of amides is 3. The highest BCUT2D eigenvalue weighted by Crippen LogP contribution is 2.25. The molecular formula is C14H15BrN2O4. The second kappa shape index (κ2) is 6.36. The lowest BCUT2D eigenvalue weighted by Gasteiger charge is -2.22. The van der Waals surface area contributed by atoms with Crippen LogP contribution in [0.15, 0.2) is 22.7 Å². The van der Waals surface area contributed by atoms with Crippen LogP contribution in [0.4, 0.5) is 0 Å². The minimum atomic E-state index is -0.468. The van der Waals surface area contributed by atoms with Gasteiger partial charge in [-0.3, -0.25) is 19.3 Å². The van der Waals surface area contributed by atoms with Crippen molar-refractivity contribution in [2.45, 2.75) is 6.92 Å². The van der Waals surface area contributed by atoms with Gasteiger partial charge in [0.1, 0.15) is 6.54 Å². The van der Waals surface area contributed by atoms with Gasteiger partial charge in [-0.25, -0.2) is 0 Å². The maximum absolute atomic E-state index is 12.2. The van der Waals surface area contributed by atoms with Crippen molar-refractivity contribution in [2.24, 2.45) is 0 Å². The van der Waals surface area contributed by atoms with Gasteiger partial charge in [-0.15, -0.1) is 0 Å². The number of likely N-dealkylation sites (N-methyl/N-ethyl adjacent to an activating group) is 1. The van der Waals surface area contributed by atoms with Gasteiger partial charge in [-0.05, 0) is 25.1 Å². The molecule has 0 spiro atoms. The van der Waals surface area contributed by atoms with Gasteiger partial charge < -0.3 is 10.0 Å². The first-order valence-electron chi connectivity index (χ1n) is 6.54. The third-order valence-electron chi connectivity index (χ3n) is 3.33. The summed E-state index contributed by atoms with van der Waals surface area (Å²) in [6, 6.07) is 4.82. The highest BCUT2D eigenvalue weighted by molar-refractivity contribution is 9.10. The second-order valence-corrected chi connectivity index (χ2v) is 5.50. The average molecular weight is 355 g/mol. The zero-order valence-corrected chi connectivity index (χ0v) is 13.1. The molecule has 0 radical (unpaired) electrons. The quantitative estimate of drug-likeness (QED) is 0.796. The van der Waals surface area contributed by atoms with Crippen LogP contribution >= 0.6 is 15.9 Å². The van der Waals surface area contributed by atoms with Gasteiger partial charge in [0.15, 0.2) is 0 Å². The van der Waals surface area contributed by atoms with Crippen molar-refractivity contribution in [1.29, 1.82) is 0 Å². The minimum absolute atomic E-state index is 0.158. The highest BCUT2D eigenvalue weighted by Gasteiger charge is 2.37. The van der Waals surface area contributed by atoms with Crippen molar-refractivity contribution in [2.75, 3.05) is 26.2 Å². The molecule has 0 bridgehead atoms. The number of imide groups is 1. The molecule has 0 fully saturated rings. The zero-order valence-electron chi connectivity index (χ0n) is 11.5. The van der Waals surface area contributed by atoms with E-state index in [1.54, 1.807) is 25.1 Å². The third-order valence-corrected chi connectivity index (χ3v) is 3.82. The fraction of sp³-hybridized carbons (Fsp3) is 0.357. The van der Waals surface area contributed by atoms with Crippen LogP contribution in [-0.2, 0) is 4.79 Å². The van der Waals surface area contributed by atoms with Crippen molar-refractivity contribution < 1.29 is 19.5 Å². The van der Waals surface area contributed by atoms with Crippen LogP contribution in [-0.4, -0.2) is 58.9 Å². The first-order valence-corrected chi connectivity index (χ1v) is 7.33. The molecule has 0 atom stereocenters. The maximum atomic E-state index is 12.2. The van der Waals surface area contributed by atoms with Gasteiger partial charge in [0.2, 0.25) is 5.91 Å². The molecule has 2 rings (SSSR count). The van der Waals surface area contributed by atoms with Gasteiger partial charge in [-0.2, -0.15) is 0 Å². The first-order chi connectivity index (χ1) is 9.99. The molecule has 0 aromatic heterocycles. The standard InChI is InChI=1S/C14H15BrN2O4/c1-2-16(5-6-18)12(19)8-17-13(20)10-4-3-9(15)7-11(10)14(17)21/h3-4,7,18H,2,5-6,8H2,1H3. The summed E-state index contributed by atoms with van der Waals surface area (Å²) >= 11 is 3.25. The number of carbonyl (C=O) groups excluding carboxylic acids is 3. The molecule has 1 aliphatic rings. The number of nitrogens with zero attached hydrogens (tertiary/aromatic N) is 2. The Bertz CT molecular complexity index is 603. The molecular weight excluding hydrogens is 340 g/mol. The molecule has 3 amide bonds. The van der Waals surface area contributed by atoms with E-state index in [1.807, 2.05) is 0 Å². The number of halogens is 1. The summed E-state index contributed by atoms with van der Waals surface area (Å²) in [5.74, 6) is -1.29. The summed E-state index contributed by atoms with van der Waals surface area (Å²) in [6.45, 7) is 1.90. The first kappa shape index (κ1) is 15.7. The minimum Gasteiger partial charge on any atom is -0.395 e. The van der Waals surface area contributed by atoms with Crippen LogP contribution in [0.3, 0.4) is 0 Å². The van der Waals surface area contributed by atoms with Crippen molar-refractivity contribution in [3.8, 4) is 0 Å². The maximum Gasteiger partial charge on any atom is 0.262 e.